The molecular formula is C15H15F3N2O4S. The van der Waals surface area contributed by atoms with Crippen molar-refractivity contribution >= 4 is 16.9 Å². The van der Waals surface area contributed by atoms with E-state index in [1.54, 1.807) is 6.92 Å². The van der Waals surface area contributed by atoms with Gasteiger partial charge in [0.25, 0.3) is 5.56 Å². The first kappa shape index (κ1) is 19.1. The van der Waals surface area contributed by atoms with E-state index in [9.17, 15) is 27.0 Å². The van der Waals surface area contributed by atoms with Crippen molar-refractivity contribution in [2.24, 2.45) is 0 Å². The average molecular weight is 376 g/mol. The Balaban J connectivity index is 2.62. The van der Waals surface area contributed by atoms with E-state index in [1.165, 1.54) is 11.6 Å². The first-order chi connectivity index (χ1) is 11.6. The van der Waals surface area contributed by atoms with Crippen molar-refractivity contribution < 1.29 is 26.7 Å². The summed E-state index contributed by atoms with van der Waals surface area (Å²) in [6, 6.07) is 2.29. The van der Waals surface area contributed by atoms with Gasteiger partial charge in [-0.3, -0.25) is 19.4 Å². The van der Waals surface area contributed by atoms with Crippen LogP contribution in [0, 0.1) is 6.92 Å². The van der Waals surface area contributed by atoms with Gasteiger partial charge < -0.3 is 4.55 Å². The molecule has 2 N–H and O–H groups in total. The second-order valence-electron chi connectivity index (χ2n) is 5.33. The van der Waals surface area contributed by atoms with Crippen LogP contribution in [0.1, 0.15) is 39.7 Å². The first-order valence-electron chi connectivity index (χ1n) is 7.18. The Bertz CT molecular complexity index is 899. The van der Waals surface area contributed by atoms with Crippen molar-refractivity contribution in [2.45, 2.75) is 32.3 Å². The molecule has 25 heavy (non-hydrogen) atoms. The summed E-state index contributed by atoms with van der Waals surface area (Å²) < 4.78 is 59.9. The van der Waals surface area contributed by atoms with Gasteiger partial charge in [-0.1, -0.05) is 6.07 Å². The Hall–Kier alpha value is -2.20. The molecule has 136 valence electrons. The molecule has 10 heteroatoms. The number of aromatic amines is 1. The Morgan fingerprint density at radius 2 is 2.00 bits per heavy atom. The van der Waals surface area contributed by atoms with E-state index in [4.69, 9.17) is 4.55 Å². The van der Waals surface area contributed by atoms with Crippen LogP contribution in [-0.4, -0.2) is 24.3 Å². The molecule has 2 aromatic rings. The molecule has 0 spiro atoms. The van der Waals surface area contributed by atoms with Gasteiger partial charge in [-0.2, -0.15) is 13.2 Å². The highest BCUT2D eigenvalue weighted by Crippen LogP contribution is 2.31. The minimum Gasteiger partial charge on any atom is -0.306 e. The molecule has 0 saturated carbocycles. The zero-order valence-electron chi connectivity index (χ0n) is 13.3. The van der Waals surface area contributed by atoms with Gasteiger partial charge in [-0.05, 0) is 31.5 Å². The summed E-state index contributed by atoms with van der Waals surface area (Å²) in [4.78, 5) is 24.9. The lowest BCUT2D eigenvalue weighted by Gasteiger charge is -2.12. The number of benzene rings is 1. The van der Waals surface area contributed by atoms with Gasteiger partial charge in [0.1, 0.15) is 5.56 Å². The Morgan fingerprint density at radius 3 is 2.48 bits per heavy atom. The van der Waals surface area contributed by atoms with Crippen LogP contribution in [0.3, 0.4) is 0 Å². The number of nitrogens with one attached hydrogen (secondary N) is 1. The molecular weight excluding hydrogens is 361 g/mol. The summed E-state index contributed by atoms with van der Waals surface area (Å²) >= 11 is -2.45. The number of rotatable bonds is 5. The highest BCUT2D eigenvalue weighted by Gasteiger charge is 2.32. The summed E-state index contributed by atoms with van der Waals surface area (Å²) in [6.45, 7) is 3.46. The minimum absolute atomic E-state index is 0.202. The van der Waals surface area contributed by atoms with Gasteiger partial charge in [0.2, 0.25) is 5.78 Å². The third-order valence-corrected chi connectivity index (χ3v) is 4.19. The fraction of sp³-hybridized carbons (Fsp3) is 0.333. The number of carbonyl (C=O) groups excluding carboxylic acids is 1. The fourth-order valence-corrected chi connectivity index (χ4v) is 2.98. The molecule has 0 aliphatic rings. The number of hydrogen-bond acceptors (Lipinski definition) is 3. The summed E-state index contributed by atoms with van der Waals surface area (Å²) in [5, 5.41) is 2.70. The molecule has 0 fully saturated rings. The number of aryl methyl sites for hydroxylation is 2. The molecule has 0 saturated heterocycles. The minimum atomic E-state index is -4.66. The number of H-pyrrole nitrogens is 1. The SMILES string of the molecule is CCn1[nH]c(C)c(C(=O)c2ccc(C(F)(F)F)cc2CS(=O)O)c1=O. The topological polar surface area (TPSA) is 92.2 Å². The van der Waals surface area contributed by atoms with Crippen LogP contribution < -0.4 is 5.56 Å². The molecule has 1 atom stereocenters. The van der Waals surface area contributed by atoms with Gasteiger partial charge in [-0.25, -0.2) is 4.21 Å². The van der Waals surface area contributed by atoms with E-state index in [2.05, 4.69) is 5.10 Å². The van der Waals surface area contributed by atoms with Crippen LogP contribution in [0.5, 0.6) is 0 Å². The molecule has 0 radical (unpaired) electrons. The molecule has 1 unspecified atom stereocenters. The monoisotopic (exact) mass is 376 g/mol. The lowest BCUT2D eigenvalue weighted by Crippen LogP contribution is -2.22. The van der Waals surface area contributed by atoms with Gasteiger partial charge in [-0.15, -0.1) is 0 Å². The van der Waals surface area contributed by atoms with Crippen molar-refractivity contribution in [3.05, 3.63) is 56.5 Å². The molecule has 1 aromatic carbocycles. The van der Waals surface area contributed by atoms with Gasteiger partial charge in [0.15, 0.2) is 11.1 Å². The summed E-state index contributed by atoms with van der Waals surface area (Å²) in [5.74, 6) is -1.45. The van der Waals surface area contributed by atoms with Gasteiger partial charge in [0.05, 0.1) is 11.3 Å². The summed E-state index contributed by atoms with van der Waals surface area (Å²) in [7, 11) is 0. The lowest BCUT2D eigenvalue weighted by atomic mass is 9.97. The predicted molar refractivity (Wildman–Crippen MR) is 84.8 cm³/mol. The van der Waals surface area contributed by atoms with Crippen LogP contribution in [0.2, 0.25) is 0 Å². The molecule has 6 nitrogen and oxygen atoms in total. The number of alkyl halides is 3. The molecule has 0 aliphatic carbocycles. The largest absolute Gasteiger partial charge is 0.416 e. The molecule has 0 amide bonds. The zero-order chi connectivity index (χ0) is 18.9. The summed E-state index contributed by atoms with van der Waals surface area (Å²) in [6.07, 6.45) is -4.66. The molecule has 2 rings (SSSR count). The first-order valence-corrected chi connectivity index (χ1v) is 8.45. The van der Waals surface area contributed by atoms with E-state index in [0.29, 0.717) is 12.1 Å². The average Bonchev–Trinajstić information content (AvgIpc) is 2.79. The van der Waals surface area contributed by atoms with Gasteiger partial charge in [0, 0.05) is 17.8 Å². The number of nitrogens with zero attached hydrogens (tertiary/aromatic N) is 1. The number of aromatic nitrogens is 2. The number of halogens is 3. The molecule has 1 heterocycles. The maximum atomic E-state index is 12.9. The second-order valence-corrected chi connectivity index (χ2v) is 6.26. The van der Waals surface area contributed by atoms with Crippen molar-refractivity contribution in [1.29, 1.82) is 0 Å². The molecule has 1 aromatic heterocycles. The van der Waals surface area contributed by atoms with Crippen molar-refractivity contribution in [3.8, 4) is 0 Å². The standard InChI is InChI=1S/C15H15F3N2O4S/c1-3-20-14(22)12(8(2)19-20)13(21)11-5-4-10(15(16,17)18)6-9(11)7-25(23)24/h4-6,19H,3,7H2,1-2H3,(H,23,24). The Kier molecular flexibility index (Phi) is 5.33. The highest BCUT2D eigenvalue weighted by molar-refractivity contribution is 7.78. The third kappa shape index (κ3) is 3.90. The Labute approximate surface area is 142 Å². The van der Waals surface area contributed by atoms with E-state index >= 15 is 0 Å². The number of ketones is 1. The normalized spacial score (nSPS) is 13.0. The lowest BCUT2D eigenvalue weighted by molar-refractivity contribution is -0.137. The summed E-state index contributed by atoms with van der Waals surface area (Å²) in [5.41, 5.74) is -2.02. The van der Waals surface area contributed by atoms with Crippen LogP contribution >= 0.6 is 0 Å². The molecule has 0 aliphatic heterocycles. The van der Waals surface area contributed by atoms with Crippen LogP contribution in [0.25, 0.3) is 0 Å². The number of carbonyl (C=O) groups is 1. The molecule has 0 bridgehead atoms. The number of hydrogen-bond donors (Lipinski definition) is 2. The predicted octanol–water partition coefficient (Wildman–Crippen LogP) is 2.48. The van der Waals surface area contributed by atoms with E-state index in [1.807, 2.05) is 0 Å². The van der Waals surface area contributed by atoms with E-state index < -0.39 is 39.9 Å². The van der Waals surface area contributed by atoms with Crippen molar-refractivity contribution in [1.82, 2.24) is 9.78 Å². The second kappa shape index (κ2) is 6.96. The van der Waals surface area contributed by atoms with E-state index in [-0.39, 0.29) is 28.9 Å². The van der Waals surface area contributed by atoms with Crippen molar-refractivity contribution in [2.75, 3.05) is 0 Å². The zero-order valence-corrected chi connectivity index (χ0v) is 14.1. The fourth-order valence-electron chi connectivity index (χ4n) is 2.47. The smallest absolute Gasteiger partial charge is 0.306 e. The van der Waals surface area contributed by atoms with Crippen molar-refractivity contribution in [3.63, 3.8) is 0 Å². The maximum Gasteiger partial charge on any atom is 0.416 e. The third-order valence-electron chi connectivity index (χ3n) is 3.64. The van der Waals surface area contributed by atoms with Gasteiger partial charge >= 0.3 is 6.18 Å². The van der Waals surface area contributed by atoms with Crippen LogP contribution in [-0.2, 0) is 29.6 Å². The van der Waals surface area contributed by atoms with E-state index in [0.717, 1.165) is 6.07 Å². The highest BCUT2D eigenvalue weighted by atomic mass is 32.2. The maximum absolute atomic E-state index is 12.9. The van der Waals surface area contributed by atoms with Crippen LogP contribution in [0.4, 0.5) is 13.2 Å². The van der Waals surface area contributed by atoms with Crippen LogP contribution in [0.15, 0.2) is 23.0 Å². The quantitative estimate of drug-likeness (QED) is 0.619. The Morgan fingerprint density at radius 1 is 1.36 bits per heavy atom.